The number of carbonyl (C=O) groups excluding carboxylic acids is 2. The third kappa shape index (κ3) is 4.65. The molecule has 1 aromatic heterocycles. The maximum absolute atomic E-state index is 12.1. The van der Waals surface area contributed by atoms with E-state index in [9.17, 15) is 19.5 Å². The standard InChI is InChI=1S/C18H17N5O4S3/c24-13(6-11-4-2-1-3-5-11)20-22-8-14(19-21-22)30-10-29-12-9-28-16-7-15(25)23(16)17(12)18(26)27/h1-5,8,16H,6-7,9-10H2,(H,20,24)(H,26,27). The molecule has 156 valence electrons. The lowest BCUT2D eigenvalue weighted by Gasteiger charge is -2.43. The molecular formula is C18H17N5O4S3. The number of carboxylic acids is 1. The Morgan fingerprint density at radius 2 is 2.07 bits per heavy atom. The van der Waals surface area contributed by atoms with E-state index in [-0.39, 0.29) is 29.3 Å². The minimum absolute atomic E-state index is 0.0556. The SMILES string of the molecule is O=C(Cc1ccccc1)Nn1cc(SCSC2=C(C(=O)O)N3C(=O)CC3SC2)nn1. The molecule has 4 rings (SSSR count). The Bertz CT molecular complexity index is 1010. The lowest BCUT2D eigenvalue weighted by Crippen LogP contribution is -2.53. The monoisotopic (exact) mass is 463 g/mol. The molecule has 0 spiro atoms. The first-order valence-corrected chi connectivity index (χ1v) is 11.9. The quantitative estimate of drug-likeness (QED) is 0.344. The number of carbonyl (C=O) groups is 3. The van der Waals surface area contributed by atoms with Crippen molar-refractivity contribution >= 4 is 53.1 Å². The second-order valence-electron chi connectivity index (χ2n) is 6.42. The predicted molar refractivity (Wildman–Crippen MR) is 115 cm³/mol. The van der Waals surface area contributed by atoms with Crippen LogP contribution in [0, 0.1) is 0 Å². The third-order valence-electron chi connectivity index (χ3n) is 4.38. The van der Waals surface area contributed by atoms with Crippen molar-refractivity contribution in [2.24, 2.45) is 0 Å². The van der Waals surface area contributed by atoms with Gasteiger partial charge in [-0.15, -0.1) is 28.6 Å². The molecule has 1 fully saturated rings. The summed E-state index contributed by atoms with van der Waals surface area (Å²) in [6.07, 6.45) is 2.23. The minimum Gasteiger partial charge on any atom is -0.477 e. The number of carboxylic acid groups (broad SMARTS) is 1. The van der Waals surface area contributed by atoms with Crippen molar-refractivity contribution in [3.8, 4) is 0 Å². The fraction of sp³-hybridized carbons (Fsp3) is 0.278. The molecule has 0 radical (unpaired) electrons. The van der Waals surface area contributed by atoms with Crippen LogP contribution in [0.3, 0.4) is 0 Å². The van der Waals surface area contributed by atoms with Gasteiger partial charge in [0.05, 0.1) is 29.5 Å². The summed E-state index contributed by atoms with van der Waals surface area (Å²) in [6.45, 7) is 0. The highest BCUT2D eigenvalue weighted by Gasteiger charge is 2.45. The number of aromatic nitrogens is 3. The average molecular weight is 464 g/mol. The van der Waals surface area contributed by atoms with Crippen LogP contribution in [0.15, 0.2) is 52.2 Å². The molecule has 2 N–H and O–H groups in total. The molecule has 0 bridgehead atoms. The maximum atomic E-state index is 12.1. The van der Waals surface area contributed by atoms with E-state index >= 15 is 0 Å². The van der Waals surface area contributed by atoms with E-state index in [1.807, 2.05) is 30.3 Å². The lowest BCUT2D eigenvalue weighted by atomic mass is 10.1. The molecular weight excluding hydrogens is 446 g/mol. The van der Waals surface area contributed by atoms with Gasteiger partial charge in [0.15, 0.2) is 0 Å². The van der Waals surface area contributed by atoms with Crippen molar-refractivity contribution in [2.45, 2.75) is 23.2 Å². The van der Waals surface area contributed by atoms with E-state index < -0.39 is 5.97 Å². The van der Waals surface area contributed by atoms with Crippen molar-refractivity contribution in [1.29, 1.82) is 0 Å². The number of fused-ring (bicyclic) bond motifs is 1. The van der Waals surface area contributed by atoms with Gasteiger partial charge in [0, 0.05) is 10.7 Å². The van der Waals surface area contributed by atoms with Crippen LogP contribution in [0.5, 0.6) is 0 Å². The second-order valence-corrected chi connectivity index (χ2v) is 10.0. The van der Waals surface area contributed by atoms with Gasteiger partial charge in [-0.05, 0) is 10.8 Å². The molecule has 2 aliphatic rings. The summed E-state index contributed by atoms with van der Waals surface area (Å²) in [5.41, 5.74) is 3.64. The van der Waals surface area contributed by atoms with Crippen LogP contribution < -0.4 is 5.43 Å². The number of benzene rings is 1. The minimum atomic E-state index is -1.08. The number of aliphatic carboxylic acids is 1. The molecule has 2 aliphatic heterocycles. The molecule has 12 heteroatoms. The van der Waals surface area contributed by atoms with E-state index in [0.717, 1.165) is 5.56 Å². The number of β-lactam (4-membered cyclic amide) rings is 1. The van der Waals surface area contributed by atoms with Crippen molar-refractivity contribution < 1.29 is 19.5 Å². The van der Waals surface area contributed by atoms with Crippen molar-refractivity contribution in [1.82, 2.24) is 20.0 Å². The molecule has 30 heavy (non-hydrogen) atoms. The van der Waals surface area contributed by atoms with Crippen LogP contribution in [0.2, 0.25) is 0 Å². The lowest BCUT2D eigenvalue weighted by molar-refractivity contribution is -0.146. The Morgan fingerprint density at radius 1 is 1.27 bits per heavy atom. The number of nitrogens with zero attached hydrogens (tertiary/aromatic N) is 4. The molecule has 2 aromatic rings. The van der Waals surface area contributed by atoms with Gasteiger partial charge in [-0.1, -0.05) is 42.1 Å². The topological polar surface area (TPSA) is 117 Å². The summed E-state index contributed by atoms with van der Waals surface area (Å²) in [7, 11) is 0. The van der Waals surface area contributed by atoms with E-state index in [4.69, 9.17) is 0 Å². The van der Waals surface area contributed by atoms with Crippen molar-refractivity contribution in [2.75, 3.05) is 16.3 Å². The van der Waals surface area contributed by atoms with Gasteiger partial charge >= 0.3 is 5.97 Å². The summed E-state index contributed by atoms with van der Waals surface area (Å²) in [5, 5.41) is 18.5. The van der Waals surface area contributed by atoms with Gasteiger partial charge in [0.25, 0.3) is 0 Å². The fourth-order valence-electron chi connectivity index (χ4n) is 2.98. The van der Waals surface area contributed by atoms with Gasteiger partial charge in [-0.3, -0.25) is 14.5 Å². The highest BCUT2D eigenvalue weighted by atomic mass is 32.2. The average Bonchev–Trinajstić information content (AvgIpc) is 3.15. The summed E-state index contributed by atoms with van der Waals surface area (Å²) in [6, 6.07) is 9.39. The van der Waals surface area contributed by atoms with Gasteiger partial charge < -0.3 is 5.11 Å². The number of rotatable bonds is 8. The predicted octanol–water partition coefficient (Wildman–Crippen LogP) is 1.98. The third-order valence-corrected chi connectivity index (χ3v) is 7.89. The van der Waals surface area contributed by atoms with E-state index in [1.54, 1.807) is 18.0 Å². The Hall–Kier alpha value is -2.44. The largest absolute Gasteiger partial charge is 0.477 e. The molecule has 9 nitrogen and oxygen atoms in total. The molecule has 1 saturated heterocycles. The molecule has 3 heterocycles. The Labute approximate surface area is 184 Å². The molecule has 2 amide bonds. The summed E-state index contributed by atoms with van der Waals surface area (Å²) in [4.78, 5) is 38.8. The van der Waals surface area contributed by atoms with Crippen LogP contribution in [-0.2, 0) is 20.8 Å². The van der Waals surface area contributed by atoms with Crippen LogP contribution in [-0.4, -0.2) is 59.1 Å². The zero-order valence-corrected chi connectivity index (χ0v) is 18.0. The van der Waals surface area contributed by atoms with Gasteiger partial charge in [-0.25, -0.2) is 10.2 Å². The highest BCUT2D eigenvalue weighted by Crippen LogP contribution is 2.43. The Kier molecular flexibility index (Phi) is 6.35. The zero-order valence-electron chi connectivity index (χ0n) is 15.6. The number of nitrogens with one attached hydrogen (secondary N) is 1. The van der Waals surface area contributed by atoms with Crippen LogP contribution in [0.4, 0.5) is 0 Å². The molecule has 1 unspecified atom stereocenters. The number of thioether (sulfide) groups is 3. The van der Waals surface area contributed by atoms with Crippen LogP contribution in [0.25, 0.3) is 0 Å². The van der Waals surface area contributed by atoms with E-state index in [2.05, 4.69) is 15.7 Å². The zero-order chi connectivity index (χ0) is 21.1. The van der Waals surface area contributed by atoms with E-state index in [0.29, 0.717) is 27.2 Å². The van der Waals surface area contributed by atoms with Gasteiger partial charge in [-0.2, -0.15) is 4.79 Å². The summed E-state index contributed by atoms with van der Waals surface area (Å²) in [5.74, 6) is -0.859. The highest BCUT2D eigenvalue weighted by molar-refractivity contribution is 8.18. The fourth-order valence-corrected chi connectivity index (χ4v) is 6.50. The van der Waals surface area contributed by atoms with Gasteiger partial charge in [0.1, 0.15) is 10.7 Å². The normalized spacial score (nSPS) is 18.1. The molecule has 0 saturated carbocycles. The number of hydrogen-bond acceptors (Lipinski definition) is 8. The molecule has 1 atom stereocenters. The van der Waals surface area contributed by atoms with Gasteiger partial charge in [0.2, 0.25) is 11.8 Å². The number of amides is 2. The van der Waals surface area contributed by atoms with Crippen molar-refractivity contribution in [3.05, 3.63) is 52.7 Å². The first-order chi connectivity index (χ1) is 14.5. The Morgan fingerprint density at radius 3 is 2.80 bits per heavy atom. The first-order valence-electron chi connectivity index (χ1n) is 8.93. The van der Waals surface area contributed by atoms with Crippen molar-refractivity contribution in [3.63, 3.8) is 0 Å². The smallest absolute Gasteiger partial charge is 0.353 e. The molecule has 0 aliphatic carbocycles. The first kappa shape index (κ1) is 20.8. The number of hydrogen-bond donors (Lipinski definition) is 2. The van der Waals surface area contributed by atoms with Crippen LogP contribution >= 0.6 is 35.3 Å². The second kappa shape index (κ2) is 9.14. The Balaban J connectivity index is 1.30. The maximum Gasteiger partial charge on any atom is 0.353 e. The molecule has 1 aromatic carbocycles. The van der Waals surface area contributed by atoms with E-state index in [1.165, 1.54) is 33.2 Å². The van der Waals surface area contributed by atoms with Crippen LogP contribution in [0.1, 0.15) is 12.0 Å². The summed E-state index contributed by atoms with van der Waals surface area (Å²) >= 11 is 4.33. The summed E-state index contributed by atoms with van der Waals surface area (Å²) < 4.78 is 0.